The van der Waals surface area contributed by atoms with Gasteiger partial charge in [0.05, 0.1) is 12.4 Å². The highest BCUT2D eigenvalue weighted by molar-refractivity contribution is 7.99. The van der Waals surface area contributed by atoms with Gasteiger partial charge in [-0.15, -0.1) is 10.2 Å². The van der Waals surface area contributed by atoms with Crippen molar-refractivity contribution >= 4 is 17.7 Å². The molecule has 0 aliphatic carbocycles. The summed E-state index contributed by atoms with van der Waals surface area (Å²) in [6.07, 6.45) is 0. The number of nitrogens with one attached hydrogen (secondary N) is 1. The van der Waals surface area contributed by atoms with E-state index in [0.29, 0.717) is 18.3 Å². The van der Waals surface area contributed by atoms with Crippen molar-refractivity contribution in [3.05, 3.63) is 60.2 Å². The molecule has 27 heavy (non-hydrogen) atoms. The van der Waals surface area contributed by atoms with Crippen LogP contribution in [0, 0.1) is 6.92 Å². The van der Waals surface area contributed by atoms with Gasteiger partial charge in [-0.25, -0.2) is 0 Å². The van der Waals surface area contributed by atoms with E-state index in [1.165, 1.54) is 17.3 Å². The summed E-state index contributed by atoms with van der Waals surface area (Å²) in [6, 6.07) is 18.1. The second kappa shape index (κ2) is 9.34. The van der Waals surface area contributed by atoms with Crippen molar-refractivity contribution in [3.63, 3.8) is 0 Å². The molecule has 0 saturated carbocycles. The summed E-state index contributed by atoms with van der Waals surface area (Å²) < 4.78 is 6.93. The zero-order chi connectivity index (χ0) is 19.1. The van der Waals surface area contributed by atoms with Crippen molar-refractivity contribution in [1.29, 1.82) is 0 Å². The normalized spacial score (nSPS) is 10.7. The highest BCUT2D eigenvalue weighted by Crippen LogP contribution is 2.28. The van der Waals surface area contributed by atoms with E-state index in [1.54, 1.807) is 7.11 Å². The number of rotatable bonds is 8. The lowest BCUT2D eigenvalue weighted by molar-refractivity contribution is -0.118. The number of thioether (sulfide) groups is 1. The molecule has 0 aliphatic heterocycles. The monoisotopic (exact) mass is 382 g/mol. The fourth-order valence-corrected chi connectivity index (χ4v) is 3.32. The lowest BCUT2D eigenvalue weighted by atomic mass is 10.1. The minimum atomic E-state index is -0.0588. The van der Waals surface area contributed by atoms with Gasteiger partial charge in [-0.3, -0.25) is 9.36 Å². The maximum absolute atomic E-state index is 12.0. The molecule has 0 saturated heterocycles. The fourth-order valence-electron chi connectivity index (χ4n) is 2.54. The highest BCUT2D eigenvalue weighted by Gasteiger charge is 2.17. The van der Waals surface area contributed by atoms with Gasteiger partial charge in [0.25, 0.3) is 0 Å². The molecule has 7 heteroatoms. The molecule has 1 amide bonds. The summed E-state index contributed by atoms with van der Waals surface area (Å²) in [5.41, 5.74) is 3.13. The summed E-state index contributed by atoms with van der Waals surface area (Å²) in [5, 5.41) is 12.2. The largest absolute Gasteiger partial charge is 0.383 e. The number of carbonyl (C=O) groups excluding carboxylic acids is 1. The fraction of sp³-hybridized carbons (Fsp3) is 0.250. The van der Waals surface area contributed by atoms with Gasteiger partial charge in [-0.2, -0.15) is 0 Å². The second-order valence-corrected chi connectivity index (χ2v) is 6.92. The minimum absolute atomic E-state index is 0.0588. The third-order valence-electron chi connectivity index (χ3n) is 3.92. The van der Waals surface area contributed by atoms with Gasteiger partial charge >= 0.3 is 0 Å². The Hall–Kier alpha value is -2.64. The number of carbonyl (C=O) groups is 1. The first kappa shape index (κ1) is 19.1. The molecule has 3 rings (SSSR count). The first-order valence-electron chi connectivity index (χ1n) is 8.65. The second-order valence-electron chi connectivity index (χ2n) is 5.97. The van der Waals surface area contributed by atoms with E-state index in [1.807, 2.05) is 47.0 Å². The van der Waals surface area contributed by atoms with Crippen molar-refractivity contribution in [1.82, 2.24) is 20.1 Å². The lowest BCUT2D eigenvalue weighted by Gasteiger charge is -2.10. The Morgan fingerprint density at radius 1 is 1.11 bits per heavy atom. The van der Waals surface area contributed by atoms with E-state index in [0.717, 1.165) is 17.1 Å². The summed E-state index contributed by atoms with van der Waals surface area (Å²) in [4.78, 5) is 12.0. The van der Waals surface area contributed by atoms with Crippen molar-refractivity contribution in [2.75, 3.05) is 26.0 Å². The molecule has 0 bridgehead atoms. The van der Waals surface area contributed by atoms with Crippen LogP contribution in [0.4, 0.5) is 0 Å². The maximum atomic E-state index is 12.0. The Labute approximate surface area is 163 Å². The lowest BCUT2D eigenvalue weighted by Crippen LogP contribution is -2.28. The summed E-state index contributed by atoms with van der Waals surface area (Å²) in [7, 11) is 1.61. The number of aryl methyl sites for hydroxylation is 1. The number of ether oxygens (including phenoxy) is 1. The Kier molecular flexibility index (Phi) is 6.62. The van der Waals surface area contributed by atoms with Crippen LogP contribution in [0.2, 0.25) is 0 Å². The summed E-state index contributed by atoms with van der Waals surface area (Å²) in [6.45, 7) is 3.04. The standard InChI is InChI=1S/C20H22N4O2S/c1-15-8-10-16(11-9-15)19-22-23-20(24(19)17-6-4-3-5-7-17)27-14-18(25)21-12-13-26-2/h3-11H,12-14H2,1-2H3,(H,21,25). The quantitative estimate of drug-likeness (QED) is 0.479. The van der Waals surface area contributed by atoms with Crippen molar-refractivity contribution < 1.29 is 9.53 Å². The zero-order valence-electron chi connectivity index (χ0n) is 15.4. The van der Waals surface area contributed by atoms with E-state index >= 15 is 0 Å². The number of nitrogens with zero attached hydrogens (tertiary/aromatic N) is 3. The van der Waals surface area contributed by atoms with Gasteiger partial charge in [-0.05, 0) is 19.1 Å². The first-order chi connectivity index (χ1) is 13.2. The molecule has 140 valence electrons. The number of methoxy groups -OCH3 is 1. The Balaban J connectivity index is 1.86. The van der Waals surface area contributed by atoms with E-state index in [4.69, 9.17) is 4.74 Å². The number of amides is 1. The van der Waals surface area contributed by atoms with Crippen LogP contribution in [-0.2, 0) is 9.53 Å². The number of benzene rings is 2. The number of aromatic nitrogens is 3. The Bertz CT molecular complexity index is 879. The molecule has 0 spiro atoms. The minimum Gasteiger partial charge on any atom is -0.383 e. The van der Waals surface area contributed by atoms with Crippen LogP contribution in [0.15, 0.2) is 59.8 Å². The van der Waals surface area contributed by atoms with Crippen LogP contribution in [0.25, 0.3) is 17.1 Å². The number of hydrogen-bond acceptors (Lipinski definition) is 5. The topological polar surface area (TPSA) is 69.0 Å². The van der Waals surface area contributed by atoms with Gasteiger partial charge in [0.15, 0.2) is 11.0 Å². The zero-order valence-corrected chi connectivity index (χ0v) is 16.2. The van der Waals surface area contributed by atoms with Crippen molar-refractivity contribution in [3.8, 4) is 17.1 Å². The van der Waals surface area contributed by atoms with E-state index in [9.17, 15) is 4.79 Å². The molecule has 1 aromatic heterocycles. The average Bonchev–Trinajstić information content (AvgIpc) is 3.12. The highest BCUT2D eigenvalue weighted by atomic mass is 32.2. The number of para-hydroxylation sites is 1. The van der Waals surface area contributed by atoms with Gasteiger partial charge in [-0.1, -0.05) is 59.8 Å². The van der Waals surface area contributed by atoms with E-state index in [-0.39, 0.29) is 11.7 Å². The molecule has 2 aromatic carbocycles. The van der Waals surface area contributed by atoms with Crippen molar-refractivity contribution in [2.45, 2.75) is 12.1 Å². The predicted molar refractivity (Wildman–Crippen MR) is 107 cm³/mol. The third-order valence-corrected chi connectivity index (χ3v) is 4.85. The van der Waals surface area contributed by atoms with Crippen LogP contribution in [0.3, 0.4) is 0 Å². The van der Waals surface area contributed by atoms with Gasteiger partial charge in [0, 0.05) is 24.9 Å². The van der Waals surface area contributed by atoms with Crippen LogP contribution in [0.5, 0.6) is 0 Å². The molecule has 0 aliphatic rings. The Morgan fingerprint density at radius 3 is 2.56 bits per heavy atom. The molecule has 0 atom stereocenters. The molecule has 1 heterocycles. The molecule has 1 N–H and O–H groups in total. The molecule has 0 unspecified atom stereocenters. The molecular weight excluding hydrogens is 360 g/mol. The van der Waals surface area contributed by atoms with Crippen LogP contribution in [0.1, 0.15) is 5.56 Å². The van der Waals surface area contributed by atoms with E-state index in [2.05, 4.69) is 34.6 Å². The predicted octanol–water partition coefficient (Wildman–Crippen LogP) is 3.10. The molecule has 0 fully saturated rings. The summed E-state index contributed by atoms with van der Waals surface area (Å²) >= 11 is 1.36. The first-order valence-corrected chi connectivity index (χ1v) is 9.64. The van der Waals surface area contributed by atoms with Crippen LogP contribution in [-0.4, -0.2) is 46.7 Å². The van der Waals surface area contributed by atoms with Gasteiger partial charge in [0.2, 0.25) is 5.91 Å². The maximum Gasteiger partial charge on any atom is 0.230 e. The van der Waals surface area contributed by atoms with Crippen LogP contribution >= 0.6 is 11.8 Å². The van der Waals surface area contributed by atoms with Gasteiger partial charge in [0.1, 0.15) is 0 Å². The Morgan fingerprint density at radius 2 is 1.85 bits per heavy atom. The third kappa shape index (κ3) is 4.96. The van der Waals surface area contributed by atoms with E-state index < -0.39 is 0 Å². The average molecular weight is 382 g/mol. The number of hydrogen-bond donors (Lipinski definition) is 1. The SMILES string of the molecule is COCCNC(=O)CSc1nnc(-c2ccc(C)cc2)n1-c1ccccc1. The van der Waals surface area contributed by atoms with Gasteiger partial charge < -0.3 is 10.1 Å². The molecule has 0 radical (unpaired) electrons. The summed E-state index contributed by atoms with van der Waals surface area (Å²) in [5.74, 6) is 0.961. The van der Waals surface area contributed by atoms with Crippen LogP contribution < -0.4 is 5.32 Å². The smallest absolute Gasteiger partial charge is 0.230 e. The molecule has 3 aromatic rings. The van der Waals surface area contributed by atoms with Crippen molar-refractivity contribution in [2.24, 2.45) is 0 Å². The molecular formula is C20H22N4O2S. The molecule has 6 nitrogen and oxygen atoms in total.